The van der Waals surface area contributed by atoms with Gasteiger partial charge in [0.05, 0.1) is 11.4 Å². The number of benzene rings is 4. The molecule has 228 valence electrons. The summed E-state index contributed by atoms with van der Waals surface area (Å²) in [5.41, 5.74) is 12.9. The van der Waals surface area contributed by atoms with Crippen LogP contribution in [0.4, 0.5) is 0 Å². The van der Waals surface area contributed by atoms with Crippen LogP contribution < -0.4 is 0 Å². The Kier molecular flexibility index (Phi) is 7.61. The van der Waals surface area contributed by atoms with E-state index in [4.69, 9.17) is 9.97 Å². The van der Waals surface area contributed by atoms with E-state index in [0.29, 0.717) is 11.3 Å². The summed E-state index contributed by atoms with van der Waals surface area (Å²) in [7, 11) is 0. The van der Waals surface area contributed by atoms with E-state index in [1.165, 1.54) is 0 Å². The molecular weight excluding hydrogens is 589 g/mol. The van der Waals surface area contributed by atoms with Crippen LogP contribution in [-0.4, -0.2) is 26.2 Å². The Morgan fingerprint density at radius 3 is 1.31 bits per heavy atom. The van der Waals surface area contributed by atoms with E-state index < -0.39 is 0 Å². The van der Waals surface area contributed by atoms with Crippen molar-refractivity contribution in [2.75, 3.05) is 0 Å². The Morgan fingerprint density at radius 1 is 0.438 bits per heavy atom. The minimum atomic E-state index is 0.313. The van der Waals surface area contributed by atoms with Crippen molar-refractivity contribution < 1.29 is 4.79 Å². The van der Waals surface area contributed by atoms with Gasteiger partial charge in [-0.25, -0.2) is 4.98 Å². The maximum Gasteiger partial charge on any atom is 0.169 e. The van der Waals surface area contributed by atoms with Crippen LogP contribution in [0.3, 0.4) is 0 Å². The van der Waals surface area contributed by atoms with Gasteiger partial charge in [-0.15, -0.1) is 0 Å². The molecule has 0 unspecified atom stereocenters. The number of hydrogen-bond donors (Lipinski definition) is 2. The summed E-state index contributed by atoms with van der Waals surface area (Å²) in [6, 6.07) is 48.8. The lowest BCUT2D eigenvalue weighted by Gasteiger charge is -2.06. The first-order chi connectivity index (χ1) is 23.8. The van der Waals surface area contributed by atoms with Gasteiger partial charge in [-0.1, -0.05) is 121 Å². The lowest BCUT2D eigenvalue weighted by Crippen LogP contribution is -1.91. The Morgan fingerprint density at radius 2 is 0.833 bits per heavy atom. The van der Waals surface area contributed by atoms with Crippen molar-refractivity contribution in [3.05, 3.63) is 169 Å². The number of nitrogens with one attached hydrogen (secondary N) is 2. The minimum Gasteiger partial charge on any atom is -0.354 e. The van der Waals surface area contributed by atoms with Crippen LogP contribution in [-0.2, 0) is 0 Å². The van der Waals surface area contributed by atoms with Crippen LogP contribution >= 0.6 is 0 Å². The number of fused-ring (bicyclic) bond motifs is 6. The predicted octanol–water partition coefficient (Wildman–Crippen LogP) is 10.7. The number of carbonyl (C=O) groups excluding carboxylic acids is 1. The maximum atomic E-state index is 12.9. The number of aromatic amines is 2. The van der Waals surface area contributed by atoms with Crippen molar-refractivity contribution >= 4 is 40.5 Å². The first kappa shape index (κ1) is 28.9. The first-order valence-corrected chi connectivity index (χ1v) is 15.9. The second-order valence-electron chi connectivity index (χ2n) is 11.6. The van der Waals surface area contributed by atoms with Gasteiger partial charge in [0.15, 0.2) is 6.29 Å². The second kappa shape index (κ2) is 12.7. The molecule has 2 N–H and O–H groups in total. The standard InChI is InChI=1S/C43H30N4O/c48-28-40-43(32-19-11-4-12-20-32)39-26-25-38(47-39)42(31-17-9-3-10-18-31)37-24-23-36(46-37)41(30-15-7-2-8-16-30)35-22-21-34(45-35)33(27-44-40)29-13-5-1-6-14-29/h1-28,45,47H. The molecule has 0 aliphatic carbocycles. The lowest BCUT2D eigenvalue weighted by molar-refractivity contribution is 0.112. The van der Waals surface area contributed by atoms with Gasteiger partial charge in [0.25, 0.3) is 0 Å². The van der Waals surface area contributed by atoms with E-state index in [1.807, 2.05) is 103 Å². The van der Waals surface area contributed by atoms with Crippen LogP contribution in [0.5, 0.6) is 0 Å². The normalized spacial score (nSPS) is 11.3. The molecule has 7 aromatic rings. The van der Waals surface area contributed by atoms with E-state index >= 15 is 0 Å². The average molecular weight is 619 g/mol. The molecule has 0 amide bonds. The maximum absolute atomic E-state index is 12.9. The highest BCUT2D eigenvalue weighted by molar-refractivity contribution is 5.98. The van der Waals surface area contributed by atoms with Gasteiger partial charge in [-0.2, -0.15) is 0 Å². The van der Waals surface area contributed by atoms with E-state index in [1.54, 1.807) is 6.20 Å². The molecule has 1 aliphatic rings. The SMILES string of the molecule is O=Cc1ncc(-c2ccccc2)c2ccc([nH]2)c(-c2ccccc2)c2nc(c(-c3ccccc3)c3ccc([nH]3)c1-c1ccccc1)C=C2. The molecule has 0 saturated carbocycles. The fraction of sp³-hybridized carbons (Fsp3) is 0. The molecule has 0 spiro atoms. The summed E-state index contributed by atoms with van der Waals surface area (Å²) in [5.74, 6) is 0. The van der Waals surface area contributed by atoms with Crippen LogP contribution in [0.1, 0.15) is 21.9 Å². The molecule has 0 radical (unpaired) electrons. The number of H-pyrrole nitrogens is 2. The van der Waals surface area contributed by atoms with Crippen molar-refractivity contribution in [2.24, 2.45) is 0 Å². The number of carbonyl (C=O) groups is 1. The molecule has 5 nitrogen and oxygen atoms in total. The quantitative estimate of drug-likeness (QED) is 0.189. The summed E-state index contributed by atoms with van der Waals surface area (Å²) < 4.78 is 0. The number of aldehydes is 1. The molecule has 5 heteroatoms. The molecule has 0 fully saturated rings. The van der Waals surface area contributed by atoms with E-state index in [-0.39, 0.29) is 0 Å². The fourth-order valence-electron chi connectivity index (χ4n) is 6.37. The molecule has 3 aromatic heterocycles. The zero-order chi connectivity index (χ0) is 32.3. The number of aromatic nitrogens is 4. The summed E-state index contributed by atoms with van der Waals surface area (Å²) in [4.78, 5) is 30.5. The number of hydrogen-bond acceptors (Lipinski definition) is 3. The Labute approximate surface area is 278 Å². The molecule has 8 rings (SSSR count). The number of nitrogens with zero attached hydrogens (tertiary/aromatic N) is 2. The third kappa shape index (κ3) is 5.44. The third-order valence-electron chi connectivity index (χ3n) is 8.60. The van der Waals surface area contributed by atoms with Crippen molar-refractivity contribution in [2.45, 2.75) is 0 Å². The molecule has 0 atom stereocenters. The Hall–Kier alpha value is -6.59. The topological polar surface area (TPSA) is 74.4 Å². The highest BCUT2D eigenvalue weighted by Gasteiger charge is 2.16. The molecule has 4 aromatic carbocycles. The van der Waals surface area contributed by atoms with Gasteiger partial charge in [-0.05, 0) is 58.7 Å². The smallest absolute Gasteiger partial charge is 0.169 e. The van der Waals surface area contributed by atoms with Gasteiger partial charge in [0, 0.05) is 50.5 Å². The largest absolute Gasteiger partial charge is 0.354 e. The molecular formula is C43H30N4O. The van der Waals surface area contributed by atoms with Crippen LogP contribution in [0.25, 0.3) is 78.7 Å². The monoisotopic (exact) mass is 618 g/mol. The van der Waals surface area contributed by atoms with E-state index in [0.717, 1.165) is 78.7 Å². The lowest BCUT2D eigenvalue weighted by atomic mass is 10.0. The van der Waals surface area contributed by atoms with Gasteiger partial charge < -0.3 is 9.97 Å². The zero-order valence-corrected chi connectivity index (χ0v) is 26.0. The molecule has 0 saturated heterocycles. The Bertz CT molecular complexity index is 2380. The van der Waals surface area contributed by atoms with Crippen molar-refractivity contribution in [1.82, 2.24) is 19.9 Å². The minimum absolute atomic E-state index is 0.313. The fourth-order valence-corrected chi connectivity index (χ4v) is 6.37. The summed E-state index contributed by atoms with van der Waals surface area (Å²) >= 11 is 0. The third-order valence-corrected chi connectivity index (χ3v) is 8.60. The highest BCUT2D eigenvalue weighted by Crippen LogP contribution is 2.35. The van der Waals surface area contributed by atoms with Crippen molar-refractivity contribution in [1.29, 1.82) is 0 Å². The Balaban J connectivity index is 1.58. The van der Waals surface area contributed by atoms with E-state index in [2.05, 4.69) is 64.6 Å². The van der Waals surface area contributed by atoms with Crippen molar-refractivity contribution in [3.63, 3.8) is 0 Å². The summed E-state index contributed by atoms with van der Waals surface area (Å²) in [6.45, 7) is 0. The second-order valence-corrected chi connectivity index (χ2v) is 11.6. The van der Waals surface area contributed by atoms with Crippen LogP contribution in [0.15, 0.2) is 152 Å². The summed E-state index contributed by atoms with van der Waals surface area (Å²) in [5, 5.41) is 0. The predicted molar refractivity (Wildman–Crippen MR) is 197 cm³/mol. The number of rotatable bonds is 5. The van der Waals surface area contributed by atoms with Crippen molar-refractivity contribution in [3.8, 4) is 44.5 Å². The van der Waals surface area contributed by atoms with Gasteiger partial charge in [-0.3, -0.25) is 9.78 Å². The molecule has 4 heterocycles. The first-order valence-electron chi connectivity index (χ1n) is 15.9. The molecule has 1 aliphatic heterocycles. The zero-order valence-electron chi connectivity index (χ0n) is 26.0. The van der Waals surface area contributed by atoms with E-state index in [9.17, 15) is 4.79 Å². The van der Waals surface area contributed by atoms with Gasteiger partial charge >= 0.3 is 0 Å². The molecule has 6 bridgehead atoms. The average Bonchev–Trinajstić information content (AvgIpc) is 3.93. The van der Waals surface area contributed by atoms with Gasteiger partial charge in [0.2, 0.25) is 0 Å². The summed E-state index contributed by atoms with van der Waals surface area (Å²) in [6.07, 6.45) is 6.79. The highest BCUT2D eigenvalue weighted by atomic mass is 16.1. The van der Waals surface area contributed by atoms with Crippen LogP contribution in [0.2, 0.25) is 0 Å². The molecule has 48 heavy (non-hydrogen) atoms. The van der Waals surface area contributed by atoms with Gasteiger partial charge in [0.1, 0.15) is 5.69 Å². The van der Waals surface area contributed by atoms with Crippen LogP contribution in [0, 0.1) is 0 Å².